The molecule has 2 aromatic rings. The van der Waals surface area contributed by atoms with Crippen molar-refractivity contribution in [3.63, 3.8) is 0 Å². The minimum Gasteiger partial charge on any atom is -0.358 e. The van der Waals surface area contributed by atoms with Crippen LogP contribution < -0.4 is 0 Å². The third-order valence-corrected chi connectivity index (χ3v) is 4.34. The summed E-state index contributed by atoms with van der Waals surface area (Å²) in [5, 5.41) is 0.922. The summed E-state index contributed by atoms with van der Waals surface area (Å²) >= 11 is 0. The number of piperidine rings is 1. The molecule has 0 bridgehead atoms. The van der Waals surface area contributed by atoms with Crippen LogP contribution in [0, 0.1) is 11.7 Å². The van der Waals surface area contributed by atoms with Gasteiger partial charge in [-0.05, 0) is 37.1 Å². The molecule has 0 radical (unpaired) electrons. The van der Waals surface area contributed by atoms with E-state index in [2.05, 4.69) is 4.98 Å². The van der Waals surface area contributed by atoms with Crippen LogP contribution in [0.3, 0.4) is 0 Å². The molecule has 1 N–H and O–H groups in total. The molecule has 4 heteroatoms. The average Bonchev–Trinajstić information content (AvgIpc) is 2.89. The summed E-state index contributed by atoms with van der Waals surface area (Å²) < 4.78 is 13.2. The van der Waals surface area contributed by atoms with Crippen LogP contribution in [0.5, 0.6) is 0 Å². The van der Waals surface area contributed by atoms with Gasteiger partial charge >= 0.3 is 0 Å². The lowest BCUT2D eigenvalue weighted by Crippen LogP contribution is -2.40. The van der Waals surface area contributed by atoms with Gasteiger partial charge in [0.1, 0.15) is 5.82 Å². The summed E-state index contributed by atoms with van der Waals surface area (Å²) in [5.41, 5.74) is 2.14. The van der Waals surface area contributed by atoms with Gasteiger partial charge in [0, 0.05) is 41.5 Å². The zero-order valence-corrected chi connectivity index (χ0v) is 12.5. The van der Waals surface area contributed by atoms with Gasteiger partial charge in [0.15, 0.2) is 0 Å². The van der Waals surface area contributed by atoms with Crippen LogP contribution in [0.4, 0.5) is 4.39 Å². The van der Waals surface area contributed by atoms with Crippen LogP contribution in [0.25, 0.3) is 10.9 Å². The van der Waals surface area contributed by atoms with Crippen LogP contribution in [0.1, 0.15) is 38.3 Å². The van der Waals surface area contributed by atoms with E-state index >= 15 is 0 Å². The number of nitrogens with one attached hydrogen (secondary N) is 1. The number of aromatic amines is 1. The third-order valence-electron chi connectivity index (χ3n) is 4.34. The smallest absolute Gasteiger partial charge is 0.225 e. The maximum absolute atomic E-state index is 13.2. The Balaban J connectivity index is 1.72. The SMILES string of the molecule is CC(C)C(=O)N1CCC(c2cc3cc(F)ccc3[nH]2)CC1. The summed E-state index contributed by atoms with van der Waals surface area (Å²) in [6, 6.07) is 6.87. The molecule has 0 atom stereocenters. The zero-order valence-electron chi connectivity index (χ0n) is 12.5. The first-order valence-electron chi connectivity index (χ1n) is 7.61. The molecule has 1 aliphatic heterocycles. The monoisotopic (exact) mass is 288 g/mol. The van der Waals surface area contributed by atoms with Gasteiger partial charge in [0.2, 0.25) is 5.91 Å². The number of H-pyrrole nitrogens is 1. The summed E-state index contributed by atoms with van der Waals surface area (Å²) in [7, 11) is 0. The molecule has 0 saturated carbocycles. The predicted molar refractivity (Wildman–Crippen MR) is 81.6 cm³/mol. The van der Waals surface area contributed by atoms with E-state index in [1.165, 1.54) is 6.07 Å². The van der Waals surface area contributed by atoms with Crippen LogP contribution in [0.15, 0.2) is 24.3 Å². The quantitative estimate of drug-likeness (QED) is 0.899. The van der Waals surface area contributed by atoms with E-state index in [1.54, 1.807) is 12.1 Å². The second-order valence-corrected chi connectivity index (χ2v) is 6.21. The number of carbonyl (C=O) groups is 1. The largest absolute Gasteiger partial charge is 0.358 e. The first-order valence-corrected chi connectivity index (χ1v) is 7.61. The van der Waals surface area contributed by atoms with Crippen molar-refractivity contribution in [2.45, 2.75) is 32.6 Å². The number of nitrogens with zero attached hydrogens (tertiary/aromatic N) is 1. The Kier molecular flexibility index (Phi) is 3.70. The van der Waals surface area contributed by atoms with Crippen molar-refractivity contribution < 1.29 is 9.18 Å². The molecule has 3 rings (SSSR count). The van der Waals surface area contributed by atoms with E-state index in [9.17, 15) is 9.18 Å². The highest BCUT2D eigenvalue weighted by atomic mass is 19.1. The second-order valence-electron chi connectivity index (χ2n) is 6.21. The number of hydrogen-bond acceptors (Lipinski definition) is 1. The van der Waals surface area contributed by atoms with E-state index in [0.29, 0.717) is 5.92 Å². The van der Waals surface area contributed by atoms with Crippen molar-refractivity contribution in [2.75, 3.05) is 13.1 Å². The number of likely N-dealkylation sites (tertiary alicyclic amines) is 1. The van der Waals surface area contributed by atoms with Crippen LogP contribution >= 0.6 is 0 Å². The van der Waals surface area contributed by atoms with Crippen molar-refractivity contribution in [1.29, 1.82) is 0 Å². The molecule has 1 fully saturated rings. The van der Waals surface area contributed by atoms with E-state index in [1.807, 2.05) is 24.8 Å². The molecule has 0 spiro atoms. The lowest BCUT2D eigenvalue weighted by molar-refractivity contribution is -0.135. The lowest BCUT2D eigenvalue weighted by atomic mass is 9.93. The molecular formula is C17H21FN2O. The average molecular weight is 288 g/mol. The summed E-state index contributed by atoms with van der Waals surface area (Å²) in [4.78, 5) is 17.3. The molecule has 1 aromatic heterocycles. The molecule has 112 valence electrons. The zero-order chi connectivity index (χ0) is 15.0. The minimum absolute atomic E-state index is 0.0672. The number of carbonyl (C=O) groups excluding carboxylic acids is 1. The van der Waals surface area contributed by atoms with Gasteiger partial charge in [-0.2, -0.15) is 0 Å². The molecular weight excluding hydrogens is 267 g/mol. The normalized spacial score (nSPS) is 16.9. The molecule has 1 aliphatic rings. The van der Waals surface area contributed by atoms with Crippen LogP contribution in [-0.4, -0.2) is 28.9 Å². The van der Waals surface area contributed by atoms with Gasteiger partial charge in [0.05, 0.1) is 0 Å². The number of halogens is 1. The molecule has 3 nitrogen and oxygen atoms in total. The molecule has 0 aliphatic carbocycles. The van der Waals surface area contributed by atoms with Crippen molar-refractivity contribution in [3.05, 3.63) is 35.8 Å². The van der Waals surface area contributed by atoms with Crippen molar-refractivity contribution in [2.24, 2.45) is 5.92 Å². The topological polar surface area (TPSA) is 36.1 Å². The molecule has 1 saturated heterocycles. The highest BCUT2D eigenvalue weighted by Gasteiger charge is 2.25. The number of amides is 1. The van der Waals surface area contributed by atoms with E-state index in [4.69, 9.17) is 0 Å². The first-order chi connectivity index (χ1) is 10.0. The highest BCUT2D eigenvalue weighted by molar-refractivity contribution is 5.80. The fourth-order valence-corrected chi connectivity index (χ4v) is 3.12. The lowest BCUT2D eigenvalue weighted by Gasteiger charge is -2.32. The van der Waals surface area contributed by atoms with Gasteiger partial charge in [-0.25, -0.2) is 4.39 Å². The van der Waals surface area contributed by atoms with Crippen molar-refractivity contribution in [3.8, 4) is 0 Å². The number of rotatable bonds is 2. The van der Waals surface area contributed by atoms with E-state index in [0.717, 1.165) is 42.5 Å². The molecule has 2 heterocycles. The Morgan fingerprint density at radius 2 is 2.00 bits per heavy atom. The molecule has 0 unspecified atom stereocenters. The van der Waals surface area contributed by atoms with Crippen LogP contribution in [0.2, 0.25) is 0 Å². The van der Waals surface area contributed by atoms with E-state index < -0.39 is 0 Å². The van der Waals surface area contributed by atoms with Gasteiger partial charge in [-0.3, -0.25) is 4.79 Å². The summed E-state index contributed by atoms with van der Waals surface area (Å²) in [6.07, 6.45) is 1.93. The maximum Gasteiger partial charge on any atom is 0.225 e. The number of fused-ring (bicyclic) bond motifs is 1. The van der Waals surface area contributed by atoms with E-state index in [-0.39, 0.29) is 17.6 Å². The fourth-order valence-electron chi connectivity index (χ4n) is 3.12. The predicted octanol–water partition coefficient (Wildman–Crippen LogP) is 3.67. The van der Waals surface area contributed by atoms with Crippen LogP contribution in [-0.2, 0) is 4.79 Å². The Morgan fingerprint density at radius 1 is 1.29 bits per heavy atom. The van der Waals surface area contributed by atoms with Gasteiger partial charge in [0.25, 0.3) is 0 Å². The Hall–Kier alpha value is -1.84. The van der Waals surface area contributed by atoms with Gasteiger partial charge in [-0.1, -0.05) is 13.8 Å². The minimum atomic E-state index is -0.203. The third kappa shape index (κ3) is 2.80. The van der Waals surface area contributed by atoms with Gasteiger partial charge in [-0.15, -0.1) is 0 Å². The number of benzene rings is 1. The summed E-state index contributed by atoms with van der Waals surface area (Å²) in [6.45, 7) is 5.51. The Labute approximate surface area is 124 Å². The number of hydrogen-bond donors (Lipinski definition) is 1. The van der Waals surface area contributed by atoms with Crippen molar-refractivity contribution in [1.82, 2.24) is 9.88 Å². The Morgan fingerprint density at radius 3 is 2.67 bits per heavy atom. The standard InChI is InChI=1S/C17H21FN2O/c1-11(2)17(21)20-7-5-12(6-8-20)16-10-13-9-14(18)3-4-15(13)19-16/h3-4,9-12,19H,5-8H2,1-2H3. The Bertz CT molecular complexity index is 654. The second kappa shape index (κ2) is 5.51. The van der Waals surface area contributed by atoms with Gasteiger partial charge < -0.3 is 9.88 Å². The summed E-state index contributed by atoms with van der Waals surface area (Å²) in [5.74, 6) is 0.534. The maximum atomic E-state index is 13.2. The number of aromatic nitrogens is 1. The molecule has 21 heavy (non-hydrogen) atoms. The first kappa shape index (κ1) is 14.1. The molecule has 1 aromatic carbocycles. The molecule has 1 amide bonds. The highest BCUT2D eigenvalue weighted by Crippen LogP contribution is 2.30. The van der Waals surface area contributed by atoms with Crippen molar-refractivity contribution >= 4 is 16.8 Å². The fraction of sp³-hybridized carbons (Fsp3) is 0.471.